The van der Waals surface area contributed by atoms with Gasteiger partial charge in [-0.25, -0.2) is 0 Å². The zero-order chi connectivity index (χ0) is 12.7. The Morgan fingerprint density at radius 2 is 2.06 bits per heavy atom. The minimum absolute atomic E-state index is 0.0600. The summed E-state index contributed by atoms with van der Waals surface area (Å²) in [5.41, 5.74) is 0.456. The number of aliphatic carboxylic acids is 1. The number of aldehydes is 1. The van der Waals surface area contributed by atoms with Crippen LogP contribution < -0.4 is 9.47 Å². The molecule has 1 aromatic rings. The molecule has 0 amide bonds. The van der Waals surface area contributed by atoms with Gasteiger partial charge in [0.25, 0.3) is 0 Å². The molecular weight excluding hydrogens is 224 g/mol. The van der Waals surface area contributed by atoms with E-state index in [2.05, 4.69) is 0 Å². The maximum atomic E-state index is 10.7. The second-order valence-corrected chi connectivity index (χ2v) is 3.41. The van der Waals surface area contributed by atoms with Crippen LogP contribution in [0.4, 0.5) is 0 Å². The lowest BCUT2D eigenvalue weighted by Gasteiger charge is -2.08. The van der Waals surface area contributed by atoms with E-state index in [9.17, 15) is 9.59 Å². The highest BCUT2D eigenvalue weighted by atomic mass is 16.5. The molecule has 0 aliphatic rings. The summed E-state index contributed by atoms with van der Waals surface area (Å²) in [7, 11) is 1.50. The van der Waals surface area contributed by atoms with E-state index >= 15 is 0 Å². The molecule has 0 aliphatic heterocycles. The molecule has 5 nitrogen and oxygen atoms in total. The van der Waals surface area contributed by atoms with Gasteiger partial charge in [-0.05, 0) is 18.6 Å². The van der Waals surface area contributed by atoms with Crippen molar-refractivity contribution in [3.05, 3.63) is 23.8 Å². The Morgan fingerprint density at radius 1 is 1.35 bits per heavy atom. The van der Waals surface area contributed by atoms with Gasteiger partial charge in [-0.1, -0.05) is 0 Å². The average molecular weight is 238 g/mol. The molecule has 1 N–H and O–H groups in total. The molecule has 92 valence electrons. The number of carboxylic acids is 1. The SMILES string of the molecule is COc1cc(C=O)cc(OCCCC(=O)O)c1. The molecule has 0 atom stereocenters. The molecule has 0 unspecified atom stereocenters. The van der Waals surface area contributed by atoms with Crippen molar-refractivity contribution < 1.29 is 24.2 Å². The maximum Gasteiger partial charge on any atom is 0.303 e. The van der Waals surface area contributed by atoms with Crippen LogP contribution in [0.1, 0.15) is 23.2 Å². The van der Waals surface area contributed by atoms with Gasteiger partial charge in [0.15, 0.2) is 0 Å². The molecular formula is C12H14O5. The van der Waals surface area contributed by atoms with Crippen molar-refractivity contribution in [3.63, 3.8) is 0 Å². The highest BCUT2D eigenvalue weighted by Crippen LogP contribution is 2.22. The zero-order valence-electron chi connectivity index (χ0n) is 9.51. The number of hydrogen-bond donors (Lipinski definition) is 1. The van der Waals surface area contributed by atoms with Crippen LogP contribution >= 0.6 is 0 Å². The Bertz CT molecular complexity index is 400. The number of carbonyl (C=O) groups is 2. The van der Waals surface area contributed by atoms with Crippen molar-refractivity contribution in [1.82, 2.24) is 0 Å². The van der Waals surface area contributed by atoms with Crippen molar-refractivity contribution in [3.8, 4) is 11.5 Å². The third-order valence-electron chi connectivity index (χ3n) is 2.08. The van der Waals surface area contributed by atoms with Crippen LogP contribution in [-0.4, -0.2) is 31.1 Å². The molecule has 0 spiro atoms. The lowest BCUT2D eigenvalue weighted by atomic mass is 10.2. The Kier molecular flexibility index (Phi) is 5.00. The lowest BCUT2D eigenvalue weighted by molar-refractivity contribution is -0.137. The molecule has 17 heavy (non-hydrogen) atoms. The Morgan fingerprint density at radius 3 is 2.65 bits per heavy atom. The van der Waals surface area contributed by atoms with E-state index < -0.39 is 5.97 Å². The van der Waals surface area contributed by atoms with Crippen molar-refractivity contribution in [2.75, 3.05) is 13.7 Å². The van der Waals surface area contributed by atoms with Gasteiger partial charge in [-0.3, -0.25) is 9.59 Å². The van der Waals surface area contributed by atoms with Crippen LogP contribution in [0.2, 0.25) is 0 Å². The Hall–Kier alpha value is -2.04. The molecule has 1 rings (SSSR count). The molecule has 1 aromatic carbocycles. The van der Waals surface area contributed by atoms with E-state index in [4.69, 9.17) is 14.6 Å². The molecule has 5 heteroatoms. The van der Waals surface area contributed by atoms with E-state index in [1.807, 2.05) is 0 Å². The molecule has 0 aromatic heterocycles. The summed E-state index contributed by atoms with van der Waals surface area (Å²) in [6, 6.07) is 4.82. The number of methoxy groups -OCH3 is 1. The van der Waals surface area contributed by atoms with Crippen LogP contribution in [0.25, 0.3) is 0 Å². The van der Waals surface area contributed by atoms with Crippen molar-refractivity contribution >= 4 is 12.3 Å². The number of rotatable bonds is 7. The van der Waals surface area contributed by atoms with Gasteiger partial charge in [-0.15, -0.1) is 0 Å². The van der Waals surface area contributed by atoms with Gasteiger partial charge in [0.05, 0.1) is 13.7 Å². The normalized spacial score (nSPS) is 9.71. The van der Waals surface area contributed by atoms with E-state index in [-0.39, 0.29) is 13.0 Å². The number of carboxylic acid groups (broad SMARTS) is 1. The number of carbonyl (C=O) groups excluding carboxylic acids is 1. The lowest BCUT2D eigenvalue weighted by Crippen LogP contribution is -2.02. The molecule has 0 saturated carbocycles. The van der Waals surface area contributed by atoms with Crippen LogP contribution in [0.3, 0.4) is 0 Å². The first kappa shape index (κ1) is 13.0. The number of hydrogen-bond acceptors (Lipinski definition) is 4. The van der Waals surface area contributed by atoms with Crippen LogP contribution in [-0.2, 0) is 4.79 Å². The van der Waals surface area contributed by atoms with E-state index in [1.165, 1.54) is 7.11 Å². The molecule has 0 fully saturated rings. The summed E-state index contributed by atoms with van der Waals surface area (Å²) < 4.78 is 10.3. The van der Waals surface area contributed by atoms with Gasteiger partial charge in [0.2, 0.25) is 0 Å². The Labute approximate surface area is 99.0 Å². The Balaban J connectivity index is 2.57. The van der Waals surface area contributed by atoms with E-state index in [0.717, 1.165) is 0 Å². The fourth-order valence-corrected chi connectivity index (χ4v) is 1.28. The summed E-state index contributed by atoms with van der Waals surface area (Å²) in [4.78, 5) is 20.9. The van der Waals surface area contributed by atoms with Crippen LogP contribution in [0.15, 0.2) is 18.2 Å². The highest BCUT2D eigenvalue weighted by Gasteiger charge is 2.02. The predicted molar refractivity (Wildman–Crippen MR) is 60.7 cm³/mol. The molecule has 0 bridgehead atoms. The molecule has 0 aliphatic carbocycles. The monoisotopic (exact) mass is 238 g/mol. The number of benzene rings is 1. The molecule has 0 saturated heterocycles. The first-order chi connectivity index (χ1) is 8.15. The van der Waals surface area contributed by atoms with Gasteiger partial charge < -0.3 is 14.6 Å². The quantitative estimate of drug-likeness (QED) is 0.578. The maximum absolute atomic E-state index is 10.7. The van der Waals surface area contributed by atoms with Gasteiger partial charge in [0.1, 0.15) is 17.8 Å². The minimum atomic E-state index is -0.854. The highest BCUT2D eigenvalue weighted by molar-refractivity contribution is 5.76. The first-order valence-corrected chi connectivity index (χ1v) is 5.14. The summed E-state index contributed by atoms with van der Waals surface area (Å²) in [5, 5.41) is 8.45. The van der Waals surface area contributed by atoms with Gasteiger partial charge in [0, 0.05) is 18.1 Å². The minimum Gasteiger partial charge on any atom is -0.497 e. The van der Waals surface area contributed by atoms with E-state index in [0.29, 0.717) is 29.8 Å². The predicted octanol–water partition coefficient (Wildman–Crippen LogP) is 1.75. The first-order valence-electron chi connectivity index (χ1n) is 5.14. The second kappa shape index (κ2) is 6.52. The second-order valence-electron chi connectivity index (χ2n) is 3.41. The van der Waals surface area contributed by atoms with Crippen molar-refractivity contribution in [2.45, 2.75) is 12.8 Å². The van der Waals surface area contributed by atoms with Crippen molar-refractivity contribution in [2.24, 2.45) is 0 Å². The van der Waals surface area contributed by atoms with Gasteiger partial charge >= 0.3 is 5.97 Å². The largest absolute Gasteiger partial charge is 0.497 e. The fraction of sp³-hybridized carbons (Fsp3) is 0.333. The average Bonchev–Trinajstić information content (AvgIpc) is 2.34. The molecule has 0 radical (unpaired) electrons. The smallest absolute Gasteiger partial charge is 0.303 e. The third kappa shape index (κ3) is 4.55. The number of ether oxygens (including phenoxy) is 2. The van der Waals surface area contributed by atoms with Crippen LogP contribution in [0.5, 0.6) is 11.5 Å². The topological polar surface area (TPSA) is 72.8 Å². The summed E-state index contributed by atoms with van der Waals surface area (Å²) in [5.74, 6) is 0.174. The zero-order valence-corrected chi connectivity index (χ0v) is 9.51. The van der Waals surface area contributed by atoms with E-state index in [1.54, 1.807) is 18.2 Å². The fourth-order valence-electron chi connectivity index (χ4n) is 1.28. The van der Waals surface area contributed by atoms with Gasteiger partial charge in [-0.2, -0.15) is 0 Å². The van der Waals surface area contributed by atoms with Crippen LogP contribution in [0, 0.1) is 0 Å². The molecule has 0 heterocycles. The standard InChI is InChI=1S/C12H14O5/c1-16-10-5-9(8-13)6-11(7-10)17-4-2-3-12(14)15/h5-8H,2-4H2,1H3,(H,14,15). The summed E-state index contributed by atoms with van der Waals surface area (Å²) in [6.07, 6.45) is 1.18. The summed E-state index contributed by atoms with van der Waals surface area (Å²) in [6.45, 7) is 0.289. The van der Waals surface area contributed by atoms with Crippen molar-refractivity contribution in [1.29, 1.82) is 0 Å². The third-order valence-corrected chi connectivity index (χ3v) is 2.08. The summed E-state index contributed by atoms with van der Waals surface area (Å²) >= 11 is 0.